The van der Waals surface area contributed by atoms with Crippen molar-refractivity contribution in [3.05, 3.63) is 25.3 Å². The van der Waals surface area contributed by atoms with Crippen molar-refractivity contribution >= 4 is 23.9 Å². The average molecular weight is 356 g/mol. The van der Waals surface area contributed by atoms with E-state index < -0.39 is 35.7 Å². The van der Waals surface area contributed by atoms with Crippen LogP contribution in [0.4, 0.5) is 0 Å². The summed E-state index contributed by atoms with van der Waals surface area (Å²) in [6, 6.07) is 0. The van der Waals surface area contributed by atoms with E-state index in [0.29, 0.717) is 18.8 Å². The standard InChI is InChI=1S/C14H20O6.C3H4O2/c1-3-12(15)19-6-7-20-14(18)10-5-4-9(2)8-11(10)13(16)17;1-2-3(4)5/h3,9-11H,1,4-8H2,2H3,(H,16,17);2H,1H2,(H,4,5). The molecule has 3 unspecified atom stereocenters. The molecule has 0 aromatic heterocycles. The lowest BCUT2D eigenvalue weighted by Crippen LogP contribution is -2.36. The zero-order valence-corrected chi connectivity index (χ0v) is 14.2. The minimum Gasteiger partial charge on any atom is -0.481 e. The zero-order valence-electron chi connectivity index (χ0n) is 14.2. The normalized spacial score (nSPS) is 21.7. The third-order valence-corrected chi connectivity index (χ3v) is 3.65. The van der Waals surface area contributed by atoms with Crippen LogP contribution in [0.5, 0.6) is 0 Å². The average Bonchev–Trinajstić information content (AvgIpc) is 2.58. The van der Waals surface area contributed by atoms with Gasteiger partial charge in [0.05, 0.1) is 11.8 Å². The van der Waals surface area contributed by atoms with Crippen molar-refractivity contribution in [1.29, 1.82) is 0 Å². The number of carbonyl (C=O) groups is 4. The fourth-order valence-electron chi connectivity index (χ4n) is 2.39. The molecular weight excluding hydrogens is 332 g/mol. The van der Waals surface area contributed by atoms with Gasteiger partial charge in [0.2, 0.25) is 0 Å². The first kappa shape index (κ1) is 22.4. The largest absolute Gasteiger partial charge is 0.481 e. The first-order valence-corrected chi connectivity index (χ1v) is 7.76. The second-order valence-corrected chi connectivity index (χ2v) is 5.55. The van der Waals surface area contributed by atoms with Gasteiger partial charge in [-0.2, -0.15) is 0 Å². The van der Waals surface area contributed by atoms with Crippen LogP contribution in [0.3, 0.4) is 0 Å². The Hall–Kier alpha value is -2.64. The molecule has 1 saturated carbocycles. The highest BCUT2D eigenvalue weighted by molar-refractivity contribution is 5.82. The number of carbonyl (C=O) groups excluding carboxylic acids is 2. The first-order valence-electron chi connectivity index (χ1n) is 7.76. The van der Waals surface area contributed by atoms with E-state index in [9.17, 15) is 19.2 Å². The number of carboxylic acids is 2. The summed E-state index contributed by atoms with van der Waals surface area (Å²) in [6.07, 6.45) is 3.67. The molecule has 0 aromatic carbocycles. The Labute approximate surface area is 146 Å². The molecule has 140 valence electrons. The van der Waals surface area contributed by atoms with Gasteiger partial charge < -0.3 is 19.7 Å². The zero-order chi connectivity index (χ0) is 19.4. The van der Waals surface area contributed by atoms with E-state index in [1.54, 1.807) is 0 Å². The van der Waals surface area contributed by atoms with Crippen molar-refractivity contribution < 1.29 is 38.9 Å². The van der Waals surface area contributed by atoms with Crippen LogP contribution in [0.1, 0.15) is 26.2 Å². The molecule has 0 aromatic rings. The van der Waals surface area contributed by atoms with Gasteiger partial charge in [-0.15, -0.1) is 0 Å². The predicted molar refractivity (Wildman–Crippen MR) is 87.6 cm³/mol. The summed E-state index contributed by atoms with van der Waals surface area (Å²) < 4.78 is 9.65. The van der Waals surface area contributed by atoms with Crippen LogP contribution in [0.25, 0.3) is 0 Å². The van der Waals surface area contributed by atoms with Crippen LogP contribution in [0.15, 0.2) is 25.3 Å². The van der Waals surface area contributed by atoms with Gasteiger partial charge in [-0.1, -0.05) is 20.1 Å². The Morgan fingerprint density at radius 3 is 2.04 bits per heavy atom. The molecule has 0 amide bonds. The maximum absolute atomic E-state index is 11.9. The minimum atomic E-state index is -0.981. The van der Waals surface area contributed by atoms with Crippen LogP contribution in [0, 0.1) is 17.8 Å². The third-order valence-electron chi connectivity index (χ3n) is 3.65. The molecule has 1 aliphatic rings. The molecule has 1 rings (SSSR count). The molecule has 0 saturated heterocycles. The lowest BCUT2D eigenvalue weighted by molar-refractivity contribution is -0.162. The maximum atomic E-state index is 11.9. The maximum Gasteiger partial charge on any atom is 0.330 e. The molecule has 3 atom stereocenters. The molecule has 0 aliphatic heterocycles. The van der Waals surface area contributed by atoms with Gasteiger partial charge >= 0.3 is 23.9 Å². The molecule has 25 heavy (non-hydrogen) atoms. The van der Waals surface area contributed by atoms with Gasteiger partial charge in [0.15, 0.2) is 0 Å². The Bertz CT molecular complexity index is 511. The second kappa shape index (κ2) is 11.8. The number of rotatable bonds is 7. The van der Waals surface area contributed by atoms with Crippen LogP contribution < -0.4 is 0 Å². The third kappa shape index (κ3) is 9.29. The number of carboxylic acid groups (broad SMARTS) is 2. The lowest BCUT2D eigenvalue weighted by Gasteiger charge is -2.30. The lowest BCUT2D eigenvalue weighted by atomic mass is 9.74. The van der Waals surface area contributed by atoms with E-state index in [-0.39, 0.29) is 13.2 Å². The number of ether oxygens (including phenoxy) is 2. The summed E-state index contributed by atoms with van der Waals surface area (Å²) in [6.45, 7) is 8.05. The summed E-state index contributed by atoms with van der Waals surface area (Å²) in [5.74, 6) is -4.06. The Morgan fingerprint density at radius 2 is 1.56 bits per heavy atom. The molecule has 2 N–H and O–H groups in total. The molecule has 0 spiro atoms. The molecule has 1 aliphatic carbocycles. The van der Waals surface area contributed by atoms with E-state index in [4.69, 9.17) is 14.9 Å². The van der Waals surface area contributed by atoms with Gasteiger partial charge in [-0.3, -0.25) is 9.59 Å². The highest BCUT2D eigenvalue weighted by Gasteiger charge is 2.39. The molecule has 0 bridgehead atoms. The van der Waals surface area contributed by atoms with Crippen molar-refractivity contribution in [2.45, 2.75) is 26.2 Å². The predicted octanol–water partition coefficient (Wildman–Crippen LogP) is 1.65. The van der Waals surface area contributed by atoms with Gasteiger partial charge in [-0.05, 0) is 25.2 Å². The molecule has 0 heterocycles. The second-order valence-electron chi connectivity index (χ2n) is 5.55. The van der Waals surface area contributed by atoms with Crippen molar-refractivity contribution in [2.75, 3.05) is 13.2 Å². The van der Waals surface area contributed by atoms with Crippen LogP contribution >= 0.6 is 0 Å². The monoisotopic (exact) mass is 356 g/mol. The van der Waals surface area contributed by atoms with E-state index in [2.05, 4.69) is 17.9 Å². The molecule has 8 heteroatoms. The highest BCUT2D eigenvalue weighted by Crippen LogP contribution is 2.34. The van der Waals surface area contributed by atoms with Crippen LogP contribution in [-0.2, 0) is 28.7 Å². The summed E-state index contributed by atoms with van der Waals surface area (Å²) in [7, 11) is 0. The summed E-state index contributed by atoms with van der Waals surface area (Å²) in [4.78, 5) is 43.1. The summed E-state index contributed by atoms with van der Waals surface area (Å²) in [5, 5.41) is 16.8. The number of aliphatic carboxylic acids is 2. The van der Waals surface area contributed by atoms with Gasteiger partial charge in [0, 0.05) is 12.2 Å². The van der Waals surface area contributed by atoms with Crippen molar-refractivity contribution in [1.82, 2.24) is 0 Å². The quantitative estimate of drug-likeness (QED) is 0.400. The summed E-state index contributed by atoms with van der Waals surface area (Å²) >= 11 is 0. The number of hydrogen-bond donors (Lipinski definition) is 2. The van der Waals surface area contributed by atoms with Crippen LogP contribution in [0.2, 0.25) is 0 Å². The van der Waals surface area contributed by atoms with E-state index in [1.165, 1.54) is 0 Å². The fraction of sp³-hybridized carbons (Fsp3) is 0.529. The van der Waals surface area contributed by atoms with E-state index in [0.717, 1.165) is 18.6 Å². The van der Waals surface area contributed by atoms with Gasteiger partial charge in [0.1, 0.15) is 13.2 Å². The van der Waals surface area contributed by atoms with Crippen molar-refractivity contribution in [3.8, 4) is 0 Å². The van der Waals surface area contributed by atoms with E-state index in [1.807, 2.05) is 6.92 Å². The Balaban J connectivity index is 0.00000101. The highest BCUT2D eigenvalue weighted by atomic mass is 16.6. The molecule has 1 fully saturated rings. The Morgan fingerprint density at radius 1 is 1.00 bits per heavy atom. The number of esters is 2. The minimum absolute atomic E-state index is 0.0581. The molecule has 8 nitrogen and oxygen atoms in total. The fourth-order valence-corrected chi connectivity index (χ4v) is 2.39. The summed E-state index contributed by atoms with van der Waals surface area (Å²) in [5.41, 5.74) is 0. The van der Waals surface area contributed by atoms with Crippen LogP contribution in [-0.4, -0.2) is 47.3 Å². The topological polar surface area (TPSA) is 127 Å². The smallest absolute Gasteiger partial charge is 0.330 e. The molecule has 0 radical (unpaired) electrons. The van der Waals surface area contributed by atoms with Crippen molar-refractivity contribution in [3.63, 3.8) is 0 Å². The number of hydrogen-bond acceptors (Lipinski definition) is 6. The molecular formula is C17H24O8. The van der Waals surface area contributed by atoms with Crippen molar-refractivity contribution in [2.24, 2.45) is 17.8 Å². The SMILES string of the molecule is C=CC(=O)O.C=CC(=O)OCCOC(=O)C1CCC(C)CC1C(=O)O. The van der Waals surface area contributed by atoms with Gasteiger partial charge in [0.25, 0.3) is 0 Å². The van der Waals surface area contributed by atoms with E-state index >= 15 is 0 Å². The Kier molecular flexibility index (Phi) is 10.6. The first-order chi connectivity index (χ1) is 11.7. The van der Waals surface area contributed by atoms with Gasteiger partial charge in [-0.25, -0.2) is 9.59 Å².